The number of hydrogen-bond donors (Lipinski definition) is 1. The molecule has 1 N–H and O–H groups in total. The predicted molar refractivity (Wildman–Crippen MR) is 122 cm³/mol. The first-order valence-corrected chi connectivity index (χ1v) is 10.3. The summed E-state index contributed by atoms with van der Waals surface area (Å²) in [6.07, 6.45) is 1.64. The Morgan fingerprint density at radius 1 is 1.06 bits per heavy atom. The monoisotopic (exact) mass is 433 g/mol. The van der Waals surface area contributed by atoms with Crippen LogP contribution in [0.15, 0.2) is 62.8 Å². The van der Waals surface area contributed by atoms with Crippen molar-refractivity contribution in [3.05, 3.63) is 86.0 Å². The Balaban J connectivity index is 1.58. The molecule has 3 aromatic rings. The molecule has 0 radical (unpaired) electrons. The van der Waals surface area contributed by atoms with Crippen molar-refractivity contribution in [2.75, 3.05) is 0 Å². The summed E-state index contributed by atoms with van der Waals surface area (Å²) in [5.41, 5.74) is 4.47. The van der Waals surface area contributed by atoms with Crippen LogP contribution < -0.4 is 5.32 Å². The number of benzene rings is 2. The Kier molecular flexibility index (Phi) is 5.48. The Morgan fingerprint density at radius 2 is 1.87 bits per heavy atom. The highest BCUT2D eigenvalue weighted by Gasteiger charge is 2.24. The maximum atomic E-state index is 12.4. The van der Waals surface area contributed by atoms with Gasteiger partial charge in [0.2, 0.25) is 0 Å². The summed E-state index contributed by atoms with van der Waals surface area (Å²) in [6.45, 7) is 5.85. The molecule has 31 heavy (non-hydrogen) atoms. The molecule has 1 aromatic heterocycles. The first kappa shape index (κ1) is 20.6. The molecule has 0 aliphatic carbocycles. The van der Waals surface area contributed by atoms with E-state index in [0.717, 1.165) is 22.4 Å². The average molecular weight is 433 g/mol. The first-order chi connectivity index (χ1) is 14.8. The van der Waals surface area contributed by atoms with Crippen molar-refractivity contribution in [2.45, 2.75) is 20.8 Å². The van der Waals surface area contributed by atoms with Crippen molar-refractivity contribution < 1.29 is 14.1 Å². The summed E-state index contributed by atoms with van der Waals surface area (Å²) in [5.74, 6) is 0.727. The Morgan fingerprint density at radius 3 is 2.61 bits per heavy atom. The van der Waals surface area contributed by atoms with Crippen LogP contribution in [0.4, 0.5) is 11.4 Å². The zero-order valence-corrected chi connectivity index (χ0v) is 17.9. The maximum absolute atomic E-state index is 12.4. The zero-order chi connectivity index (χ0) is 22.1. The number of nitrogens with zero attached hydrogens (tertiary/aromatic N) is 2. The van der Waals surface area contributed by atoms with Crippen LogP contribution in [0.3, 0.4) is 0 Å². The fourth-order valence-electron chi connectivity index (χ4n) is 3.21. The second-order valence-electron chi connectivity index (χ2n) is 7.23. The maximum Gasteiger partial charge on any atom is 0.270 e. The van der Waals surface area contributed by atoms with Gasteiger partial charge in [-0.1, -0.05) is 23.8 Å². The number of nitro benzene ring substituents is 1. The van der Waals surface area contributed by atoms with Crippen LogP contribution >= 0.6 is 11.8 Å². The second-order valence-corrected chi connectivity index (χ2v) is 8.26. The Labute approximate surface area is 183 Å². The van der Waals surface area contributed by atoms with Gasteiger partial charge in [-0.2, -0.15) is 0 Å². The number of aliphatic imine (C=N–C) groups is 1. The van der Waals surface area contributed by atoms with Gasteiger partial charge in [0.25, 0.3) is 11.6 Å². The van der Waals surface area contributed by atoms with Gasteiger partial charge >= 0.3 is 0 Å². The van der Waals surface area contributed by atoms with E-state index in [2.05, 4.69) is 10.3 Å². The number of carbonyl (C=O) groups is 1. The third kappa shape index (κ3) is 4.44. The van der Waals surface area contributed by atoms with E-state index in [9.17, 15) is 14.9 Å². The first-order valence-electron chi connectivity index (χ1n) is 9.52. The molecular weight excluding hydrogens is 414 g/mol. The fraction of sp³-hybridized carbons (Fsp3) is 0.130. The molecule has 0 bridgehead atoms. The lowest BCUT2D eigenvalue weighted by molar-refractivity contribution is -0.384. The molecule has 4 rings (SSSR count). The number of thioether (sulfide) groups is 1. The summed E-state index contributed by atoms with van der Waals surface area (Å²) in [5, 5.41) is 14.3. The van der Waals surface area contributed by atoms with Gasteiger partial charge in [0.1, 0.15) is 11.5 Å². The van der Waals surface area contributed by atoms with Crippen LogP contribution in [0.25, 0.3) is 17.4 Å². The normalized spacial score (nSPS) is 16.2. The van der Waals surface area contributed by atoms with E-state index in [1.54, 1.807) is 24.3 Å². The van der Waals surface area contributed by atoms with Crippen molar-refractivity contribution in [2.24, 2.45) is 4.99 Å². The van der Waals surface area contributed by atoms with E-state index in [1.165, 1.54) is 23.9 Å². The van der Waals surface area contributed by atoms with Crippen molar-refractivity contribution in [3.8, 4) is 11.3 Å². The second kappa shape index (κ2) is 8.23. The lowest BCUT2D eigenvalue weighted by Crippen LogP contribution is -2.19. The molecule has 0 atom stereocenters. The molecule has 2 heterocycles. The molecule has 1 fully saturated rings. The summed E-state index contributed by atoms with van der Waals surface area (Å²) in [4.78, 5) is 28.0. The van der Waals surface area contributed by atoms with Gasteiger partial charge in [0.05, 0.1) is 15.5 Å². The van der Waals surface area contributed by atoms with Crippen LogP contribution in [-0.4, -0.2) is 16.0 Å². The largest absolute Gasteiger partial charge is 0.457 e. The van der Waals surface area contributed by atoms with Crippen molar-refractivity contribution in [3.63, 3.8) is 0 Å². The molecule has 7 nitrogen and oxygen atoms in total. The van der Waals surface area contributed by atoms with Gasteiger partial charge in [0, 0.05) is 23.8 Å². The fourth-order valence-corrected chi connectivity index (χ4v) is 4.03. The summed E-state index contributed by atoms with van der Waals surface area (Å²) < 4.78 is 5.85. The molecule has 1 aliphatic heterocycles. The van der Waals surface area contributed by atoms with Crippen LogP contribution in [-0.2, 0) is 4.79 Å². The Bertz CT molecular complexity index is 1270. The average Bonchev–Trinajstić information content (AvgIpc) is 3.31. The molecule has 0 spiro atoms. The molecule has 1 saturated heterocycles. The van der Waals surface area contributed by atoms with Gasteiger partial charge in [-0.25, -0.2) is 4.99 Å². The summed E-state index contributed by atoms with van der Waals surface area (Å²) >= 11 is 1.24. The standard InChI is InChI=1S/C23H19N3O4S/c1-13-4-8-19(15(3)10-13)24-23-25-22(27)21(31-23)12-17-7-9-20(30-17)18-11-16(26(28)29)6-5-14(18)2/h4-12H,1-3H3,(H,24,25,27)/b21-12+. The van der Waals surface area contributed by atoms with Crippen molar-refractivity contribution in [1.29, 1.82) is 0 Å². The SMILES string of the molecule is Cc1ccc(N=C2NC(=O)/C(=C\c3ccc(-c4cc([N+](=O)[O-])ccc4C)o3)S2)c(C)c1. The molecule has 2 aromatic carbocycles. The minimum atomic E-state index is -0.440. The van der Waals surface area contributed by atoms with Crippen LogP contribution in [0, 0.1) is 30.9 Å². The third-order valence-electron chi connectivity index (χ3n) is 4.82. The number of amides is 1. The van der Waals surface area contributed by atoms with Gasteiger partial charge < -0.3 is 9.73 Å². The van der Waals surface area contributed by atoms with Crippen LogP contribution in [0.1, 0.15) is 22.5 Å². The van der Waals surface area contributed by atoms with Gasteiger partial charge in [-0.3, -0.25) is 14.9 Å². The van der Waals surface area contributed by atoms with Crippen molar-refractivity contribution in [1.82, 2.24) is 5.32 Å². The van der Waals surface area contributed by atoms with E-state index in [0.29, 0.717) is 27.2 Å². The number of nitro groups is 1. The number of rotatable bonds is 4. The van der Waals surface area contributed by atoms with E-state index >= 15 is 0 Å². The number of furan rings is 1. The highest BCUT2D eigenvalue weighted by molar-refractivity contribution is 8.18. The van der Waals surface area contributed by atoms with E-state index in [-0.39, 0.29) is 11.6 Å². The molecule has 1 aliphatic rings. The lowest BCUT2D eigenvalue weighted by Gasteiger charge is -2.02. The minimum absolute atomic E-state index is 0.00474. The summed E-state index contributed by atoms with van der Waals surface area (Å²) in [6, 6.07) is 14.0. The molecule has 0 saturated carbocycles. The highest BCUT2D eigenvalue weighted by atomic mass is 32.2. The third-order valence-corrected chi connectivity index (χ3v) is 5.73. The van der Waals surface area contributed by atoms with Crippen LogP contribution in [0.2, 0.25) is 0 Å². The summed E-state index contributed by atoms with van der Waals surface area (Å²) in [7, 11) is 0. The number of amidine groups is 1. The number of nitrogens with one attached hydrogen (secondary N) is 1. The lowest BCUT2D eigenvalue weighted by atomic mass is 10.1. The topological polar surface area (TPSA) is 97.7 Å². The number of carbonyl (C=O) groups excluding carboxylic acids is 1. The molecule has 0 unspecified atom stereocenters. The van der Waals surface area contributed by atoms with E-state index < -0.39 is 4.92 Å². The molecule has 8 heteroatoms. The smallest absolute Gasteiger partial charge is 0.270 e. The molecular formula is C23H19N3O4S. The molecule has 1 amide bonds. The predicted octanol–water partition coefficient (Wildman–Crippen LogP) is 5.67. The van der Waals surface area contributed by atoms with E-state index in [4.69, 9.17) is 4.42 Å². The van der Waals surface area contributed by atoms with E-state index in [1.807, 2.05) is 39.0 Å². The highest BCUT2D eigenvalue weighted by Crippen LogP contribution is 2.32. The van der Waals surface area contributed by atoms with Gasteiger partial charge in [-0.05, 0) is 61.9 Å². The van der Waals surface area contributed by atoms with Crippen LogP contribution in [0.5, 0.6) is 0 Å². The van der Waals surface area contributed by atoms with Gasteiger partial charge in [0.15, 0.2) is 5.17 Å². The number of aryl methyl sites for hydroxylation is 3. The number of non-ortho nitro benzene ring substituents is 1. The Hall–Kier alpha value is -3.65. The quantitative estimate of drug-likeness (QED) is 0.325. The van der Waals surface area contributed by atoms with Gasteiger partial charge in [-0.15, -0.1) is 0 Å². The minimum Gasteiger partial charge on any atom is -0.457 e. The zero-order valence-electron chi connectivity index (χ0n) is 17.1. The number of hydrogen-bond acceptors (Lipinski definition) is 6. The molecule has 156 valence electrons. The van der Waals surface area contributed by atoms with Crippen molar-refractivity contribution >= 4 is 40.3 Å².